The summed E-state index contributed by atoms with van der Waals surface area (Å²) in [6, 6.07) is 13.4. The molecule has 0 fully saturated rings. The van der Waals surface area contributed by atoms with Crippen LogP contribution in [0.15, 0.2) is 48.5 Å². The Morgan fingerprint density at radius 2 is 1.86 bits per heavy atom. The molecule has 4 nitrogen and oxygen atoms in total. The van der Waals surface area contributed by atoms with Gasteiger partial charge >= 0.3 is 5.97 Å². The molecule has 22 heavy (non-hydrogen) atoms. The second kappa shape index (κ2) is 6.33. The van der Waals surface area contributed by atoms with Gasteiger partial charge in [0.2, 0.25) is 0 Å². The normalized spacial score (nSPS) is 10.5. The molecule has 0 saturated carbocycles. The van der Waals surface area contributed by atoms with E-state index in [0.29, 0.717) is 11.3 Å². The van der Waals surface area contributed by atoms with Gasteiger partial charge in [-0.1, -0.05) is 30.0 Å². The van der Waals surface area contributed by atoms with Crippen molar-refractivity contribution in [1.29, 1.82) is 0 Å². The SMILES string of the molecule is CC(C)(O)C#Cc1cccc(Oc2ccccc2C(=O)O)c1. The van der Waals surface area contributed by atoms with Crippen LogP contribution in [0.5, 0.6) is 11.5 Å². The third-order valence-corrected chi connectivity index (χ3v) is 2.69. The summed E-state index contributed by atoms with van der Waals surface area (Å²) in [7, 11) is 0. The summed E-state index contributed by atoms with van der Waals surface area (Å²) in [5.41, 5.74) is -0.310. The third-order valence-electron chi connectivity index (χ3n) is 2.69. The smallest absolute Gasteiger partial charge is 0.339 e. The molecule has 0 aliphatic heterocycles. The first-order valence-electron chi connectivity index (χ1n) is 6.71. The van der Waals surface area contributed by atoms with Crippen LogP contribution in [0.1, 0.15) is 29.8 Å². The number of rotatable bonds is 3. The Morgan fingerprint density at radius 3 is 2.55 bits per heavy atom. The summed E-state index contributed by atoms with van der Waals surface area (Å²) in [6.45, 7) is 3.20. The van der Waals surface area contributed by atoms with Crippen molar-refractivity contribution < 1.29 is 19.7 Å². The van der Waals surface area contributed by atoms with Crippen molar-refractivity contribution in [2.24, 2.45) is 0 Å². The van der Waals surface area contributed by atoms with Crippen LogP contribution < -0.4 is 4.74 Å². The molecule has 0 radical (unpaired) electrons. The number of carboxylic acid groups (broad SMARTS) is 1. The van der Waals surface area contributed by atoms with Crippen LogP contribution in [0.3, 0.4) is 0 Å². The predicted octanol–water partition coefficient (Wildman–Crippen LogP) is 3.30. The van der Waals surface area contributed by atoms with Crippen molar-refractivity contribution in [1.82, 2.24) is 0 Å². The molecule has 2 aromatic rings. The van der Waals surface area contributed by atoms with Crippen LogP contribution in [0.4, 0.5) is 0 Å². The molecule has 0 unspecified atom stereocenters. The Bertz CT molecular complexity index is 745. The summed E-state index contributed by atoms with van der Waals surface area (Å²) < 4.78 is 5.63. The molecule has 0 amide bonds. The lowest BCUT2D eigenvalue weighted by Crippen LogP contribution is -2.14. The van der Waals surface area contributed by atoms with E-state index in [2.05, 4.69) is 11.8 Å². The van der Waals surface area contributed by atoms with E-state index in [1.807, 2.05) is 0 Å². The van der Waals surface area contributed by atoms with E-state index in [1.165, 1.54) is 6.07 Å². The minimum absolute atomic E-state index is 0.0930. The van der Waals surface area contributed by atoms with Crippen molar-refractivity contribution in [3.63, 3.8) is 0 Å². The van der Waals surface area contributed by atoms with E-state index < -0.39 is 11.6 Å². The highest BCUT2D eigenvalue weighted by atomic mass is 16.5. The Kier molecular flexibility index (Phi) is 4.50. The first-order valence-corrected chi connectivity index (χ1v) is 6.71. The predicted molar refractivity (Wildman–Crippen MR) is 83.1 cm³/mol. The standard InChI is InChI=1S/C18H16O4/c1-18(2,21)11-10-13-6-5-7-14(12-13)22-16-9-4-3-8-15(16)17(19)20/h3-9,12,21H,1-2H3,(H,19,20). The fourth-order valence-corrected chi connectivity index (χ4v) is 1.72. The topological polar surface area (TPSA) is 66.8 Å². The summed E-state index contributed by atoms with van der Waals surface area (Å²) in [6.07, 6.45) is 0. The highest BCUT2D eigenvalue weighted by Gasteiger charge is 2.11. The number of ether oxygens (including phenoxy) is 1. The average molecular weight is 296 g/mol. The molecule has 2 rings (SSSR count). The van der Waals surface area contributed by atoms with E-state index in [4.69, 9.17) is 9.84 Å². The lowest BCUT2D eigenvalue weighted by atomic mass is 10.1. The van der Waals surface area contributed by atoms with E-state index in [9.17, 15) is 9.90 Å². The molecule has 0 heterocycles. The number of aromatic carboxylic acids is 1. The number of para-hydroxylation sites is 1. The summed E-state index contributed by atoms with van der Waals surface area (Å²) in [5.74, 6) is 5.27. The van der Waals surface area contributed by atoms with Crippen LogP contribution in [0.25, 0.3) is 0 Å². The van der Waals surface area contributed by atoms with Gasteiger partial charge in [0.25, 0.3) is 0 Å². The highest BCUT2D eigenvalue weighted by Crippen LogP contribution is 2.25. The van der Waals surface area contributed by atoms with Gasteiger partial charge in [-0.3, -0.25) is 0 Å². The molecule has 0 spiro atoms. The van der Waals surface area contributed by atoms with Crippen molar-refractivity contribution in [2.75, 3.05) is 0 Å². The third kappa shape index (κ3) is 4.37. The average Bonchev–Trinajstić information content (AvgIpc) is 2.45. The Balaban J connectivity index is 2.28. The molecule has 2 N–H and O–H groups in total. The zero-order chi connectivity index (χ0) is 16.2. The van der Waals surface area contributed by atoms with E-state index >= 15 is 0 Å². The first-order chi connectivity index (χ1) is 10.3. The van der Waals surface area contributed by atoms with Crippen molar-refractivity contribution in [2.45, 2.75) is 19.4 Å². The summed E-state index contributed by atoms with van der Waals surface area (Å²) in [4.78, 5) is 11.2. The number of hydrogen-bond acceptors (Lipinski definition) is 3. The Hall–Kier alpha value is -2.77. The van der Waals surface area contributed by atoms with Gasteiger partial charge in [-0.2, -0.15) is 0 Å². The van der Waals surface area contributed by atoms with Gasteiger partial charge in [0.05, 0.1) is 0 Å². The van der Waals surface area contributed by atoms with Crippen molar-refractivity contribution in [3.05, 3.63) is 59.7 Å². The van der Waals surface area contributed by atoms with Crippen molar-refractivity contribution in [3.8, 4) is 23.3 Å². The second-order valence-electron chi connectivity index (χ2n) is 5.24. The van der Waals surface area contributed by atoms with Crippen LogP contribution in [-0.2, 0) is 0 Å². The number of carbonyl (C=O) groups is 1. The number of benzene rings is 2. The van der Waals surface area contributed by atoms with Gasteiger partial charge in [0.15, 0.2) is 0 Å². The van der Waals surface area contributed by atoms with Gasteiger partial charge in [0, 0.05) is 5.56 Å². The fourth-order valence-electron chi connectivity index (χ4n) is 1.72. The zero-order valence-electron chi connectivity index (χ0n) is 12.3. The lowest BCUT2D eigenvalue weighted by molar-refractivity contribution is 0.0694. The van der Waals surface area contributed by atoms with Gasteiger partial charge in [-0.25, -0.2) is 4.79 Å². The van der Waals surface area contributed by atoms with Crippen LogP contribution in [-0.4, -0.2) is 21.8 Å². The van der Waals surface area contributed by atoms with Gasteiger partial charge in [-0.05, 0) is 44.2 Å². The molecule has 112 valence electrons. The second-order valence-corrected chi connectivity index (χ2v) is 5.24. The molecule has 0 bridgehead atoms. The van der Waals surface area contributed by atoms with Crippen LogP contribution in [0, 0.1) is 11.8 Å². The molecule has 4 heteroatoms. The van der Waals surface area contributed by atoms with E-state index in [-0.39, 0.29) is 11.3 Å². The van der Waals surface area contributed by atoms with Gasteiger partial charge in [0.1, 0.15) is 22.7 Å². The van der Waals surface area contributed by atoms with Crippen LogP contribution >= 0.6 is 0 Å². The van der Waals surface area contributed by atoms with Gasteiger partial charge in [-0.15, -0.1) is 0 Å². The minimum atomic E-state index is -1.08. The van der Waals surface area contributed by atoms with Gasteiger partial charge < -0.3 is 14.9 Å². The highest BCUT2D eigenvalue weighted by molar-refractivity contribution is 5.90. The Labute approximate surface area is 129 Å². The maximum atomic E-state index is 11.2. The largest absolute Gasteiger partial charge is 0.478 e. The summed E-state index contributed by atoms with van der Waals surface area (Å²) >= 11 is 0. The molecule has 0 saturated heterocycles. The van der Waals surface area contributed by atoms with E-state index in [1.54, 1.807) is 56.3 Å². The number of hydrogen-bond donors (Lipinski definition) is 2. The fraction of sp³-hybridized carbons (Fsp3) is 0.167. The quantitative estimate of drug-likeness (QED) is 0.853. The molecule has 2 aromatic carbocycles. The van der Waals surface area contributed by atoms with Crippen LogP contribution in [0.2, 0.25) is 0 Å². The molecule has 0 aromatic heterocycles. The number of carboxylic acids is 1. The number of aliphatic hydroxyl groups is 1. The first kappa shape index (κ1) is 15.6. The minimum Gasteiger partial charge on any atom is -0.478 e. The molecular formula is C18H16O4. The monoisotopic (exact) mass is 296 g/mol. The molecular weight excluding hydrogens is 280 g/mol. The molecule has 0 atom stereocenters. The zero-order valence-corrected chi connectivity index (χ0v) is 12.3. The molecule has 0 aliphatic rings. The summed E-state index contributed by atoms with van der Waals surface area (Å²) in [5, 5.41) is 18.8. The molecule has 0 aliphatic carbocycles. The van der Waals surface area contributed by atoms with E-state index in [0.717, 1.165) is 0 Å². The Morgan fingerprint density at radius 1 is 1.14 bits per heavy atom. The van der Waals surface area contributed by atoms with Crippen molar-refractivity contribution >= 4 is 5.97 Å². The maximum Gasteiger partial charge on any atom is 0.339 e. The maximum absolute atomic E-state index is 11.2. The lowest BCUT2D eigenvalue weighted by Gasteiger charge is -2.09.